The highest BCUT2D eigenvalue weighted by molar-refractivity contribution is 7.11. The molecule has 0 aliphatic rings. The summed E-state index contributed by atoms with van der Waals surface area (Å²) in [6, 6.07) is 3.09. The standard InChI is InChI=1S/C11H9F3N2O2S/c1-18-9-6(3-2-4-15-9)8(17)7-5-16-10(19-7)11(12,13)14/h2-5,8,17H,1H3. The summed E-state index contributed by atoms with van der Waals surface area (Å²) in [6.45, 7) is 0. The van der Waals surface area contributed by atoms with Crippen LogP contribution in [-0.4, -0.2) is 22.2 Å². The Morgan fingerprint density at radius 1 is 1.37 bits per heavy atom. The first-order valence-electron chi connectivity index (χ1n) is 5.13. The first-order valence-corrected chi connectivity index (χ1v) is 5.95. The molecule has 102 valence electrons. The molecule has 0 spiro atoms. The number of halogens is 3. The summed E-state index contributed by atoms with van der Waals surface area (Å²) < 4.78 is 42.3. The van der Waals surface area contributed by atoms with Crippen LogP contribution in [-0.2, 0) is 6.18 Å². The van der Waals surface area contributed by atoms with E-state index < -0.39 is 17.3 Å². The highest BCUT2D eigenvalue weighted by Gasteiger charge is 2.35. The van der Waals surface area contributed by atoms with Gasteiger partial charge in [0.15, 0.2) is 5.01 Å². The molecule has 0 saturated carbocycles. The van der Waals surface area contributed by atoms with Crippen molar-refractivity contribution in [2.45, 2.75) is 12.3 Å². The van der Waals surface area contributed by atoms with Crippen LogP contribution in [0.3, 0.4) is 0 Å². The van der Waals surface area contributed by atoms with Crippen molar-refractivity contribution in [3.63, 3.8) is 0 Å². The van der Waals surface area contributed by atoms with Crippen LogP contribution in [0.1, 0.15) is 21.6 Å². The van der Waals surface area contributed by atoms with Gasteiger partial charge in [0.2, 0.25) is 5.88 Å². The zero-order chi connectivity index (χ0) is 14.0. The minimum Gasteiger partial charge on any atom is -0.481 e. The lowest BCUT2D eigenvalue weighted by molar-refractivity contribution is -0.137. The fraction of sp³-hybridized carbons (Fsp3) is 0.273. The van der Waals surface area contributed by atoms with Crippen LogP contribution in [0.5, 0.6) is 5.88 Å². The lowest BCUT2D eigenvalue weighted by Gasteiger charge is -2.11. The van der Waals surface area contributed by atoms with Gasteiger partial charge in [-0.25, -0.2) is 9.97 Å². The van der Waals surface area contributed by atoms with Crippen LogP contribution >= 0.6 is 11.3 Å². The molecule has 1 N–H and O–H groups in total. The number of rotatable bonds is 3. The smallest absolute Gasteiger partial charge is 0.443 e. The van der Waals surface area contributed by atoms with E-state index in [4.69, 9.17) is 4.74 Å². The van der Waals surface area contributed by atoms with Crippen molar-refractivity contribution in [2.75, 3.05) is 7.11 Å². The van der Waals surface area contributed by atoms with Gasteiger partial charge in [0.25, 0.3) is 0 Å². The number of aliphatic hydroxyl groups excluding tert-OH is 1. The lowest BCUT2D eigenvalue weighted by Crippen LogP contribution is -2.03. The lowest BCUT2D eigenvalue weighted by atomic mass is 10.1. The molecule has 0 amide bonds. The number of ether oxygens (including phenoxy) is 1. The molecule has 2 aromatic rings. The molecule has 0 bridgehead atoms. The Labute approximate surface area is 110 Å². The molecule has 2 heterocycles. The maximum absolute atomic E-state index is 12.4. The van der Waals surface area contributed by atoms with Crippen LogP contribution in [0.2, 0.25) is 0 Å². The summed E-state index contributed by atoms with van der Waals surface area (Å²) >= 11 is 0.393. The highest BCUT2D eigenvalue weighted by Crippen LogP contribution is 2.37. The number of thiazole rings is 1. The van der Waals surface area contributed by atoms with Crippen molar-refractivity contribution < 1.29 is 23.0 Å². The SMILES string of the molecule is COc1ncccc1C(O)c1cnc(C(F)(F)F)s1. The summed E-state index contributed by atoms with van der Waals surface area (Å²) in [5.41, 5.74) is 0.294. The molecule has 19 heavy (non-hydrogen) atoms. The number of alkyl halides is 3. The van der Waals surface area contributed by atoms with E-state index in [-0.39, 0.29) is 10.8 Å². The topological polar surface area (TPSA) is 55.2 Å². The Morgan fingerprint density at radius 3 is 2.68 bits per heavy atom. The fourth-order valence-corrected chi connectivity index (χ4v) is 2.27. The van der Waals surface area contributed by atoms with Gasteiger partial charge in [-0.1, -0.05) is 0 Å². The van der Waals surface area contributed by atoms with Crippen molar-refractivity contribution in [3.8, 4) is 5.88 Å². The van der Waals surface area contributed by atoms with Gasteiger partial charge in [0.1, 0.15) is 6.10 Å². The first kappa shape index (κ1) is 13.8. The molecular formula is C11H9F3N2O2S. The highest BCUT2D eigenvalue weighted by atomic mass is 32.1. The summed E-state index contributed by atoms with van der Waals surface area (Å²) in [5, 5.41) is 9.07. The molecule has 4 nitrogen and oxygen atoms in total. The Balaban J connectivity index is 2.34. The summed E-state index contributed by atoms with van der Waals surface area (Å²) in [4.78, 5) is 7.22. The zero-order valence-corrected chi connectivity index (χ0v) is 10.5. The van der Waals surface area contributed by atoms with E-state index in [1.54, 1.807) is 6.07 Å². The largest absolute Gasteiger partial charge is 0.481 e. The van der Waals surface area contributed by atoms with Gasteiger partial charge in [0.05, 0.1) is 12.0 Å². The Morgan fingerprint density at radius 2 is 2.11 bits per heavy atom. The third-order valence-electron chi connectivity index (χ3n) is 2.32. The van der Waals surface area contributed by atoms with Crippen molar-refractivity contribution in [2.24, 2.45) is 0 Å². The number of hydrogen-bond acceptors (Lipinski definition) is 5. The maximum atomic E-state index is 12.4. The van der Waals surface area contributed by atoms with Gasteiger partial charge < -0.3 is 9.84 Å². The fourth-order valence-electron chi connectivity index (χ4n) is 1.48. The number of aromatic nitrogens is 2. The maximum Gasteiger partial charge on any atom is 0.443 e. The van der Waals surface area contributed by atoms with Crippen molar-refractivity contribution in [1.82, 2.24) is 9.97 Å². The predicted molar refractivity (Wildman–Crippen MR) is 62.0 cm³/mol. The van der Waals surface area contributed by atoms with E-state index in [0.29, 0.717) is 16.9 Å². The second-order valence-electron chi connectivity index (χ2n) is 3.57. The van der Waals surface area contributed by atoms with Crippen LogP contribution in [0.4, 0.5) is 13.2 Å². The number of hydrogen-bond donors (Lipinski definition) is 1. The van der Waals surface area contributed by atoms with Gasteiger partial charge >= 0.3 is 6.18 Å². The monoisotopic (exact) mass is 290 g/mol. The van der Waals surface area contributed by atoms with Crippen LogP contribution < -0.4 is 4.74 Å². The zero-order valence-electron chi connectivity index (χ0n) is 9.68. The van der Waals surface area contributed by atoms with E-state index >= 15 is 0 Å². The van der Waals surface area contributed by atoms with E-state index in [9.17, 15) is 18.3 Å². The molecule has 0 radical (unpaired) electrons. The molecule has 1 unspecified atom stereocenters. The predicted octanol–water partition coefficient (Wildman–Crippen LogP) is 2.65. The Bertz CT molecular complexity index is 571. The van der Waals surface area contributed by atoms with Crippen LogP contribution in [0.15, 0.2) is 24.5 Å². The third kappa shape index (κ3) is 2.85. The van der Waals surface area contributed by atoms with Crippen LogP contribution in [0, 0.1) is 0 Å². The average molecular weight is 290 g/mol. The molecule has 0 saturated heterocycles. The quantitative estimate of drug-likeness (QED) is 0.944. The third-order valence-corrected chi connectivity index (χ3v) is 3.42. The van der Waals surface area contributed by atoms with Crippen LogP contribution in [0.25, 0.3) is 0 Å². The molecule has 8 heteroatoms. The average Bonchev–Trinajstić information content (AvgIpc) is 2.87. The number of nitrogens with zero attached hydrogens (tertiary/aromatic N) is 2. The van der Waals surface area contributed by atoms with Crippen molar-refractivity contribution >= 4 is 11.3 Å². The molecule has 2 aromatic heterocycles. The molecule has 0 fully saturated rings. The molecule has 0 aromatic carbocycles. The first-order chi connectivity index (χ1) is 8.93. The molecule has 0 aliphatic heterocycles. The summed E-state index contributed by atoms with van der Waals surface area (Å²) in [7, 11) is 1.37. The van der Waals surface area contributed by atoms with E-state index in [1.165, 1.54) is 19.4 Å². The minimum atomic E-state index is -4.51. The van der Waals surface area contributed by atoms with Gasteiger partial charge in [-0.05, 0) is 12.1 Å². The summed E-state index contributed by atoms with van der Waals surface area (Å²) in [6.07, 6.45) is -3.30. The van der Waals surface area contributed by atoms with E-state index in [2.05, 4.69) is 9.97 Å². The Hall–Kier alpha value is -1.67. The number of aliphatic hydroxyl groups is 1. The van der Waals surface area contributed by atoms with E-state index in [0.717, 1.165) is 6.20 Å². The molecule has 1 atom stereocenters. The van der Waals surface area contributed by atoms with Gasteiger partial charge in [-0.2, -0.15) is 13.2 Å². The van der Waals surface area contributed by atoms with Crippen molar-refractivity contribution in [3.05, 3.63) is 40.0 Å². The normalized spacial score (nSPS) is 13.3. The number of methoxy groups -OCH3 is 1. The number of pyridine rings is 1. The second kappa shape index (κ2) is 5.14. The molecule has 2 rings (SSSR count). The molecular weight excluding hydrogens is 281 g/mol. The van der Waals surface area contributed by atoms with Crippen molar-refractivity contribution in [1.29, 1.82) is 0 Å². The van der Waals surface area contributed by atoms with Gasteiger partial charge in [-0.15, -0.1) is 11.3 Å². The second-order valence-corrected chi connectivity index (χ2v) is 4.63. The minimum absolute atomic E-state index is 0.0821. The van der Waals surface area contributed by atoms with E-state index in [1.807, 2.05) is 0 Å². The molecule has 0 aliphatic carbocycles. The van der Waals surface area contributed by atoms with Gasteiger partial charge in [0, 0.05) is 18.0 Å². The Kier molecular flexibility index (Phi) is 3.72. The summed E-state index contributed by atoms with van der Waals surface area (Å²) in [5.74, 6) is 0.164. The van der Waals surface area contributed by atoms with Gasteiger partial charge in [-0.3, -0.25) is 0 Å².